The van der Waals surface area contributed by atoms with E-state index in [-0.39, 0.29) is 5.24 Å². The van der Waals surface area contributed by atoms with E-state index in [9.17, 15) is 19.2 Å². The second kappa shape index (κ2) is 10.3. The van der Waals surface area contributed by atoms with Gasteiger partial charge < -0.3 is 9.30 Å². The summed E-state index contributed by atoms with van der Waals surface area (Å²) in [5.74, 6) is -0.153. The Balaban J connectivity index is 1.36. The number of nitrogens with one attached hydrogen (secondary N) is 2. The molecule has 2 aliphatic heterocycles. The first-order valence-electron chi connectivity index (χ1n) is 11.8. The van der Waals surface area contributed by atoms with Crippen LogP contribution < -0.4 is 15.4 Å². The Morgan fingerprint density at radius 1 is 0.769 bits per heavy atom. The van der Waals surface area contributed by atoms with Crippen molar-refractivity contribution in [2.75, 3.05) is 0 Å². The monoisotopic (exact) mass is 553 g/mol. The van der Waals surface area contributed by atoms with Gasteiger partial charge in [-0.15, -0.1) is 0 Å². The van der Waals surface area contributed by atoms with Crippen molar-refractivity contribution in [3.63, 3.8) is 0 Å². The first kappa shape index (κ1) is 24.8. The van der Waals surface area contributed by atoms with Crippen LogP contribution in [0.4, 0.5) is 9.59 Å². The molecule has 0 unspecified atom stereocenters. The summed E-state index contributed by atoms with van der Waals surface area (Å²) in [6.45, 7) is 0.412. The molecule has 0 aliphatic carbocycles. The molecule has 39 heavy (non-hydrogen) atoms. The first-order valence-corrected chi connectivity index (χ1v) is 13.5. The molecule has 0 atom stereocenters. The zero-order chi connectivity index (χ0) is 26.9. The lowest BCUT2D eigenvalue weighted by Crippen LogP contribution is -2.17. The van der Waals surface area contributed by atoms with E-state index in [1.165, 1.54) is 0 Å². The van der Waals surface area contributed by atoms with Gasteiger partial charge in [-0.1, -0.05) is 42.5 Å². The van der Waals surface area contributed by atoms with Crippen LogP contribution in [0.5, 0.6) is 5.75 Å². The zero-order valence-corrected chi connectivity index (χ0v) is 21.8. The summed E-state index contributed by atoms with van der Waals surface area (Å²) in [7, 11) is 0. The Kier molecular flexibility index (Phi) is 6.55. The predicted molar refractivity (Wildman–Crippen MR) is 152 cm³/mol. The molecule has 8 nitrogen and oxygen atoms in total. The third-order valence-corrected chi connectivity index (χ3v) is 7.72. The largest absolute Gasteiger partial charge is 0.489 e. The summed E-state index contributed by atoms with van der Waals surface area (Å²) in [4.78, 5) is 48.0. The van der Waals surface area contributed by atoms with Crippen molar-refractivity contribution in [1.82, 2.24) is 15.2 Å². The summed E-state index contributed by atoms with van der Waals surface area (Å²) in [5, 5.41) is 4.61. The highest BCUT2D eigenvalue weighted by Crippen LogP contribution is 2.34. The topological polar surface area (TPSA) is 107 Å². The van der Waals surface area contributed by atoms with Crippen LogP contribution in [0.1, 0.15) is 16.7 Å². The van der Waals surface area contributed by atoms with Crippen LogP contribution in [0.15, 0.2) is 88.8 Å². The molecule has 6 rings (SSSR count). The number of thioether (sulfide) groups is 2. The zero-order valence-electron chi connectivity index (χ0n) is 20.2. The molecule has 1 aromatic heterocycles. The predicted octanol–water partition coefficient (Wildman–Crippen LogP) is 5.86. The summed E-state index contributed by atoms with van der Waals surface area (Å²) >= 11 is 1.74. The maximum atomic E-state index is 12.2. The summed E-state index contributed by atoms with van der Waals surface area (Å²) in [6, 6.07) is 23.2. The first-order chi connectivity index (χ1) is 18.9. The van der Waals surface area contributed by atoms with Crippen LogP contribution >= 0.6 is 23.5 Å². The fraction of sp³-hybridized carbons (Fsp3) is 0.0345. The minimum absolute atomic E-state index is 0.318. The Labute approximate surface area is 231 Å². The van der Waals surface area contributed by atoms with Crippen LogP contribution in [-0.4, -0.2) is 26.9 Å². The van der Waals surface area contributed by atoms with E-state index in [1.54, 1.807) is 12.2 Å². The number of imide groups is 2. The van der Waals surface area contributed by atoms with Crippen molar-refractivity contribution in [3.05, 3.63) is 105 Å². The highest BCUT2D eigenvalue weighted by Gasteiger charge is 2.26. The number of benzene rings is 3. The standard InChI is InChI=1S/C29H19N3O5S2/c33-26-24(38-28(35)30-26)12-17-6-8-20(9-7-17)32-15-19(13-25-27(34)31-29(36)39-25)22-14-21(10-11-23(22)32)37-16-18-4-2-1-3-5-18/h1-15H,16H2,(H,30,33,35)(H,31,34,36)/b24-12+,25-13-. The van der Waals surface area contributed by atoms with E-state index in [2.05, 4.69) is 10.6 Å². The van der Waals surface area contributed by atoms with E-state index in [4.69, 9.17) is 4.74 Å². The SMILES string of the molecule is O=C1NC(=O)/C(=C/c2cn(-c3ccc(/C=C4/SC(=O)NC4=O)cc3)c3ccc(OCc4ccccc4)cc23)S1. The summed E-state index contributed by atoms with van der Waals surface area (Å²) in [5.41, 5.74) is 4.31. The molecule has 0 saturated carbocycles. The quantitative estimate of drug-likeness (QED) is 0.288. The average molecular weight is 554 g/mol. The molecule has 2 fully saturated rings. The molecule has 192 valence electrons. The third-order valence-electron chi connectivity index (χ3n) is 6.09. The lowest BCUT2D eigenvalue weighted by atomic mass is 10.1. The van der Waals surface area contributed by atoms with Gasteiger partial charge in [0.05, 0.1) is 15.3 Å². The molecule has 2 N–H and O–H groups in total. The molecular formula is C29H19N3O5S2. The Bertz CT molecular complexity index is 1720. The second-order valence-corrected chi connectivity index (χ2v) is 10.7. The number of amides is 4. The van der Waals surface area contributed by atoms with Crippen molar-refractivity contribution in [1.29, 1.82) is 0 Å². The van der Waals surface area contributed by atoms with E-state index in [0.29, 0.717) is 22.2 Å². The van der Waals surface area contributed by atoms with Gasteiger partial charge in [-0.3, -0.25) is 29.8 Å². The van der Waals surface area contributed by atoms with Gasteiger partial charge >= 0.3 is 0 Å². The number of hydrogen-bond donors (Lipinski definition) is 2. The van der Waals surface area contributed by atoms with Gasteiger partial charge in [0.15, 0.2) is 0 Å². The minimum Gasteiger partial charge on any atom is -0.489 e. The second-order valence-electron chi connectivity index (χ2n) is 8.70. The molecule has 10 heteroatoms. The van der Waals surface area contributed by atoms with Crippen LogP contribution in [0.25, 0.3) is 28.7 Å². The number of fused-ring (bicyclic) bond motifs is 1. The highest BCUT2D eigenvalue weighted by molar-refractivity contribution is 8.18. The van der Waals surface area contributed by atoms with Crippen LogP contribution in [0.2, 0.25) is 0 Å². The maximum Gasteiger partial charge on any atom is 0.290 e. The Morgan fingerprint density at radius 3 is 2.08 bits per heavy atom. The van der Waals surface area contributed by atoms with E-state index >= 15 is 0 Å². The van der Waals surface area contributed by atoms with E-state index < -0.39 is 17.1 Å². The smallest absolute Gasteiger partial charge is 0.290 e. The minimum atomic E-state index is -0.424. The molecule has 0 radical (unpaired) electrons. The molecule has 0 bridgehead atoms. The fourth-order valence-electron chi connectivity index (χ4n) is 4.26. The number of nitrogens with zero attached hydrogens (tertiary/aromatic N) is 1. The number of ether oxygens (including phenoxy) is 1. The lowest BCUT2D eigenvalue weighted by molar-refractivity contribution is -0.116. The molecular weight excluding hydrogens is 534 g/mol. The van der Waals surface area contributed by atoms with Crippen molar-refractivity contribution in [3.8, 4) is 11.4 Å². The van der Waals surface area contributed by atoms with Gasteiger partial charge in [0.25, 0.3) is 22.3 Å². The van der Waals surface area contributed by atoms with Crippen LogP contribution in [-0.2, 0) is 16.2 Å². The van der Waals surface area contributed by atoms with Gasteiger partial charge in [-0.2, -0.15) is 0 Å². The van der Waals surface area contributed by atoms with E-state index in [0.717, 1.165) is 56.8 Å². The molecule has 4 aromatic rings. The number of hydrogen-bond acceptors (Lipinski definition) is 7. The van der Waals surface area contributed by atoms with Crippen molar-refractivity contribution in [2.45, 2.75) is 6.61 Å². The molecule has 4 amide bonds. The number of carbonyl (C=O) groups is 4. The number of carbonyl (C=O) groups excluding carboxylic acids is 4. The van der Waals surface area contributed by atoms with E-state index in [1.807, 2.05) is 83.6 Å². The maximum absolute atomic E-state index is 12.2. The average Bonchev–Trinajstić information content (AvgIpc) is 3.57. The lowest BCUT2D eigenvalue weighted by Gasteiger charge is -2.09. The number of rotatable bonds is 6. The molecule has 0 spiro atoms. The van der Waals surface area contributed by atoms with Crippen LogP contribution in [0.3, 0.4) is 0 Å². The van der Waals surface area contributed by atoms with Gasteiger partial charge in [0.2, 0.25) is 0 Å². The molecule has 3 heterocycles. The Morgan fingerprint density at radius 2 is 1.44 bits per heavy atom. The summed E-state index contributed by atoms with van der Waals surface area (Å²) in [6.07, 6.45) is 5.28. The molecule has 2 saturated heterocycles. The highest BCUT2D eigenvalue weighted by atomic mass is 32.2. The van der Waals surface area contributed by atoms with Gasteiger partial charge in [0, 0.05) is 22.8 Å². The molecule has 3 aromatic carbocycles. The van der Waals surface area contributed by atoms with Gasteiger partial charge in [-0.05, 0) is 77.1 Å². The Hall–Kier alpha value is -4.54. The van der Waals surface area contributed by atoms with Crippen LogP contribution in [0, 0.1) is 0 Å². The van der Waals surface area contributed by atoms with Crippen molar-refractivity contribution in [2.24, 2.45) is 0 Å². The van der Waals surface area contributed by atoms with Crippen molar-refractivity contribution < 1.29 is 23.9 Å². The normalized spacial score (nSPS) is 17.3. The third kappa shape index (κ3) is 5.25. The van der Waals surface area contributed by atoms with Crippen molar-refractivity contribution >= 4 is 68.9 Å². The molecule has 2 aliphatic rings. The summed E-state index contributed by atoms with van der Waals surface area (Å²) < 4.78 is 8.03. The fourth-order valence-corrected chi connectivity index (χ4v) is 5.62. The number of aromatic nitrogens is 1. The van der Waals surface area contributed by atoms with Gasteiger partial charge in [-0.25, -0.2) is 0 Å². The van der Waals surface area contributed by atoms with Gasteiger partial charge in [0.1, 0.15) is 12.4 Å².